The van der Waals surface area contributed by atoms with Crippen LogP contribution in [0.1, 0.15) is 42.5 Å². The van der Waals surface area contributed by atoms with Crippen molar-refractivity contribution in [2.24, 2.45) is 0 Å². The highest BCUT2D eigenvalue weighted by atomic mass is 31.0. The number of aryl methyl sites for hydroxylation is 1. The zero-order valence-electron chi connectivity index (χ0n) is 15.1. The van der Waals surface area contributed by atoms with Gasteiger partial charge in [0.15, 0.2) is 0 Å². The van der Waals surface area contributed by atoms with E-state index in [0.29, 0.717) is 13.2 Å². The first-order valence-electron chi connectivity index (χ1n) is 8.80. The van der Waals surface area contributed by atoms with Crippen LogP contribution in [-0.2, 0) is 27.0 Å². The highest BCUT2D eigenvalue weighted by Gasteiger charge is 2.34. The van der Waals surface area contributed by atoms with E-state index in [1.807, 2.05) is 13.0 Å². The van der Waals surface area contributed by atoms with E-state index in [1.165, 1.54) is 11.3 Å². The van der Waals surface area contributed by atoms with Gasteiger partial charge < -0.3 is 18.6 Å². The van der Waals surface area contributed by atoms with E-state index in [-0.39, 0.29) is 11.9 Å². The van der Waals surface area contributed by atoms with Crippen molar-refractivity contribution >= 4 is 26.3 Å². The molecular weight excluding hydrogens is 337 g/mol. The van der Waals surface area contributed by atoms with Crippen LogP contribution in [0.5, 0.6) is 5.75 Å². The number of ether oxygens (including phenoxy) is 2. The lowest BCUT2D eigenvalue weighted by Crippen LogP contribution is -2.22. The lowest BCUT2D eigenvalue weighted by Gasteiger charge is -2.23. The Labute approximate surface area is 150 Å². The van der Waals surface area contributed by atoms with E-state index >= 15 is 0 Å². The number of hydrogen-bond donors (Lipinski definition) is 0. The fourth-order valence-electron chi connectivity index (χ4n) is 4.01. The Hall–Kier alpha value is -1.58. The van der Waals surface area contributed by atoms with Crippen molar-refractivity contribution in [3.05, 3.63) is 29.0 Å². The normalized spacial score (nSPS) is 16.7. The Bertz CT molecular complexity index is 784. The fraction of sp³-hybridized carbons (Fsp3) is 0.526. The summed E-state index contributed by atoms with van der Waals surface area (Å²) in [6.07, 6.45) is 2.76. The number of esters is 1. The summed E-state index contributed by atoms with van der Waals surface area (Å²) in [5.41, 5.74) is 4.62. The van der Waals surface area contributed by atoms with Crippen LogP contribution in [0.25, 0.3) is 10.9 Å². The Balaban J connectivity index is 2.28. The quantitative estimate of drug-likeness (QED) is 0.579. The van der Waals surface area contributed by atoms with Crippen molar-refractivity contribution in [3.8, 4) is 5.75 Å². The molecule has 0 aliphatic heterocycles. The molecular formula is C19H26NO4P. The molecule has 0 amide bonds. The lowest BCUT2D eigenvalue weighted by atomic mass is 9.84. The second-order valence-corrected chi connectivity index (χ2v) is 6.72. The van der Waals surface area contributed by atoms with E-state index in [1.54, 1.807) is 7.11 Å². The maximum absolute atomic E-state index is 12.6. The molecule has 2 aromatic rings. The van der Waals surface area contributed by atoms with Crippen molar-refractivity contribution < 1.29 is 18.8 Å². The molecule has 0 N–H and O–H groups in total. The Morgan fingerprint density at radius 1 is 1.40 bits per heavy atom. The predicted octanol–water partition coefficient (Wildman–Crippen LogP) is 3.75. The molecule has 3 rings (SSSR count). The summed E-state index contributed by atoms with van der Waals surface area (Å²) in [6, 6.07) is 4.06. The number of hydrogen-bond acceptors (Lipinski definition) is 4. The summed E-state index contributed by atoms with van der Waals surface area (Å²) < 4.78 is 18.6. The van der Waals surface area contributed by atoms with Gasteiger partial charge in [-0.3, -0.25) is 4.79 Å². The molecule has 2 atom stereocenters. The molecule has 0 bridgehead atoms. The first kappa shape index (κ1) is 18.2. The average Bonchev–Trinajstić information content (AvgIpc) is 2.96. The van der Waals surface area contributed by atoms with E-state index in [4.69, 9.17) is 14.0 Å². The van der Waals surface area contributed by atoms with Gasteiger partial charge in [-0.2, -0.15) is 0 Å². The molecule has 1 heterocycles. The molecule has 5 nitrogen and oxygen atoms in total. The smallest absolute Gasteiger partial charge is 0.313 e. The van der Waals surface area contributed by atoms with Crippen molar-refractivity contribution in [2.75, 3.05) is 20.3 Å². The number of methoxy groups -OCH3 is 1. The monoisotopic (exact) mass is 363 g/mol. The molecule has 0 fully saturated rings. The maximum Gasteiger partial charge on any atom is 0.313 e. The summed E-state index contributed by atoms with van der Waals surface area (Å²) >= 11 is 0. The van der Waals surface area contributed by atoms with Gasteiger partial charge in [0.1, 0.15) is 5.75 Å². The third-order valence-corrected chi connectivity index (χ3v) is 5.23. The number of benzene rings is 1. The van der Waals surface area contributed by atoms with E-state index in [9.17, 15) is 4.79 Å². The zero-order valence-corrected chi connectivity index (χ0v) is 16.3. The van der Waals surface area contributed by atoms with Gasteiger partial charge in [-0.25, -0.2) is 0 Å². The number of rotatable bonds is 6. The third kappa shape index (κ3) is 3.16. The van der Waals surface area contributed by atoms with Gasteiger partial charge in [-0.05, 0) is 50.3 Å². The third-order valence-electron chi connectivity index (χ3n) is 5.00. The van der Waals surface area contributed by atoms with Crippen LogP contribution < -0.4 is 4.74 Å². The number of nitrogens with zero attached hydrogens (tertiary/aromatic N) is 1. The van der Waals surface area contributed by atoms with E-state index in [0.717, 1.165) is 48.0 Å². The molecule has 1 aliphatic carbocycles. The van der Waals surface area contributed by atoms with Gasteiger partial charge in [-0.15, -0.1) is 0 Å². The first-order valence-corrected chi connectivity index (χ1v) is 9.28. The number of aromatic nitrogens is 1. The van der Waals surface area contributed by atoms with Crippen molar-refractivity contribution in [3.63, 3.8) is 0 Å². The molecule has 2 unspecified atom stereocenters. The largest absolute Gasteiger partial charge is 0.496 e. The van der Waals surface area contributed by atoms with Gasteiger partial charge in [0.05, 0.1) is 31.8 Å². The van der Waals surface area contributed by atoms with Crippen LogP contribution in [-0.4, -0.2) is 30.9 Å². The molecule has 1 aliphatic rings. The average molecular weight is 363 g/mol. The highest BCUT2D eigenvalue weighted by Crippen LogP contribution is 2.44. The molecule has 0 spiro atoms. The summed E-state index contributed by atoms with van der Waals surface area (Å²) in [7, 11) is 3.99. The van der Waals surface area contributed by atoms with Crippen LogP contribution in [0.2, 0.25) is 0 Å². The summed E-state index contributed by atoms with van der Waals surface area (Å²) in [6.45, 7) is 5.71. The lowest BCUT2D eigenvalue weighted by molar-refractivity contribution is -0.145. The topological polar surface area (TPSA) is 49.7 Å². The minimum Gasteiger partial charge on any atom is -0.496 e. The van der Waals surface area contributed by atoms with Crippen LogP contribution >= 0.6 is 9.47 Å². The van der Waals surface area contributed by atoms with Gasteiger partial charge >= 0.3 is 5.97 Å². The number of fused-ring (bicyclic) bond motifs is 3. The van der Waals surface area contributed by atoms with Crippen molar-refractivity contribution in [1.82, 2.24) is 4.57 Å². The summed E-state index contributed by atoms with van der Waals surface area (Å²) in [4.78, 5) is 12.6. The standard InChI is InChI=1S/C19H26NO4P/c1-4-23-19(21)13-6-5-7-14-16(13)17-15(22-3)9-8-12(2)18(17)20(14)10-11-24-25/h8-9,13H,4-7,10-11,25H2,1-3H3. The van der Waals surface area contributed by atoms with Crippen LogP contribution in [0.4, 0.5) is 0 Å². The van der Waals surface area contributed by atoms with E-state index in [2.05, 4.69) is 27.0 Å². The number of carbonyl (C=O) groups excluding carboxylic acids is 1. The van der Waals surface area contributed by atoms with Crippen LogP contribution in [0.3, 0.4) is 0 Å². The second kappa shape index (κ2) is 7.76. The van der Waals surface area contributed by atoms with Gasteiger partial charge in [-0.1, -0.05) is 6.07 Å². The SMILES string of the molecule is CCOC(=O)C1CCCc2c1c1c(OC)ccc(C)c1n2CCOP. The Morgan fingerprint density at radius 3 is 2.88 bits per heavy atom. The first-order chi connectivity index (χ1) is 12.1. The van der Waals surface area contributed by atoms with Gasteiger partial charge in [0.25, 0.3) is 0 Å². The minimum absolute atomic E-state index is 0.131. The molecule has 136 valence electrons. The maximum atomic E-state index is 12.6. The van der Waals surface area contributed by atoms with Crippen molar-refractivity contribution in [1.29, 1.82) is 0 Å². The minimum atomic E-state index is -0.222. The predicted molar refractivity (Wildman–Crippen MR) is 101 cm³/mol. The Morgan fingerprint density at radius 2 is 2.20 bits per heavy atom. The molecule has 0 saturated heterocycles. The molecule has 1 aromatic heterocycles. The van der Waals surface area contributed by atoms with Crippen molar-refractivity contribution in [2.45, 2.75) is 45.6 Å². The molecule has 25 heavy (non-hydrogen) atoms. The number of carbonyl (C=O) groups is 1. The molecule has 0 radical (unpaired) electrons. The molecule has 6 heteroatoms. The summed E-state index contributed by atoms with van der Waals surface area (Å²) in [5, 5.41) is 1.05. The highest BCUT2D eigenvalue weighted by molar-refractivity contribution is 7.09. The fourth-order valence-corrected chi connectivity index (χ4v) is 4.12. The van der Waals surface area contributed by atoms with Crippen LogP contribution in [0, 0.1) is 6.92 Å². The van der Waals surface area contributed by atoms with E-state index < -0.39 is 0 Å². The van der Waals surface area contributed by atoms with Crippen LogP contribution in [0.15, 0.2) is 12.1 Å². The second-order valence-electron chi connectivity index (χ2n) is 6.39. The van der Waals surface area contributed by atoms with Gasteiger partial charge in [0, 0.05) is 27.1 Å². The summed E-state index contributed by atoms with van der Waals surface area (Å²) in [5.74, 6) is 0.465. The molecule has 0 saturated carbocycles. The zero-order chi connectivity index (χ0) is 18.0. The molecule has 1 aromatic carbocycles. The Kier molecular flexibility index (Phi) is 5.65. The van der Waals surface area contributed by atoms with Gasteiger partial charge in [0.2, 0.25) is 0 Å².